The maximum absolute atomic E-state index is 14.6. The monoisotopic (exact) mass is 641 g/mol. The molecule has 0 bridgehead atoms. The maximum atomic E-state index is 14.6. The highest BCUT2D eigenvalue weighted by Gasteiger charge is 2.35. The Kier molecular flexibility index (Phi) is 11.6. The first-order chi connectivity index (χ1) is 22.0. The topological polar surface area (TPSA) is 96.0 Å². The molecule has 46 heavy (non-hydrogen) atoms. The fourth-order valence-corrected chi connectivity index (χ4v) is 6.57. The quantitative estimate of drug-likeness (QED) is 0.183. The summed E-state index contributed by atoms with van der Waals surface area (Å²) in [6.45, 7) is 7.68. The molecule has 0 radical (unpaired) electrons. The smallest absolute Gasteiger partial charge is 0.264 e. The minimum atomic E-state index is -4.24. The van der Waals surface area contributed by atoms with Crippen LogP contribution in [0.3, 0.4) is 0 Å². The summed E-state index contributed by atoms with van der Waals surface area (Å²) in [4.78, 5) is 30.0. The van der Waals surface area contributed by atoms with Gasteiger partial charge >= 0.3 is 0 Å². The second-order valence-corrected chi connectivity index (χ2v) is 13.4. The van der Waals surface area contributed by atoms with Crippen molar-refractivity contribution < 1.29 is 22.7 Å². The second-order valence-electron chi connectivity index (χ2n) is 11.5. The Bertz CT molecular complexity index is 1720. The molecule has 0 aliphatic carbocycles. The number of aryl methyl sites for hydroxylation is 3. The number of sulfonamides is 1. The van der Waals surface area contributed by atoms with E-state index in [0.29, 0.717) is 12.3 Å². The van der Waals surface area contributed by atoms with E-state index in [-0.39, 0.29) is 29.5 Å². The Morgan fingerprint density at radius 2 is 1.41 bits per heavy atom. The minimum absolute atomic E-state index is 0.0427. The van der Waals surface area contributed by atoms with E-state index in [1.54, 1.807) is 24.3 Å². The molecular formula is C37H43N3O5S. The lowest BCUT2D eigenvalue weighted by Gasteiger charge is -2.34. The normalized spacial score (nSPS) is 11.8. The van der Waals surface area contributed by atoms with Gasteiger partial charge in [-0.25, -0.2) is 8.42 Å². The highest BCUT2D eigenvalue weighted by Crippen LogP contribution is 2.34. The summed E-state index contributed by atoms with van der Waals surface area (Å²) >= 11 is 0. The lowest BCUT2D eigenvalue weighted by atomic mass is 10.0. The predicted molar refractivity (Wildman–Crippen MR) is 182 cm³/mol. The van der Waals surface area contributed by atoms with Gasteiger partial charge in [0.2, 0.25) is 11.8 Å². The number of hydrogen-bond donors (Lipinski definition) is 1. The van der Waals surface area contributed by atoms with E-state index < -0.39 is 28.5 Å². The van der Waals surface area contributed by atoms with E-state index in [2.05, 4.69) is 5.32 Å². The zero-order valence-electron chi connectivity index (χ0n) is 27.2. The van der Waals surface area contributed by atoms with Gasteiger partial charge in [0.05, 0.1) is 17.7 Å². The number of ether oxygens (including phenoxy) is 1. The summed E-state index contributed by atoms with van der Waals surface area (Å²) in [5.74, 6) is -0.514. The third-order valence-electron chi connectivity index (χ3n) is 7.78. The lowest BCUT2D eigenvalue weighted by Crippen LogP contribution is -2.53. The van der Waals surface area contributed by atoms with E-state index >= 15 is 0 Å². The van der Waals surface area contributed by atoms with E-state index in [9.17, 15) is 18.0 Å². The third-order valence-corrected chi connectivity index (χ3v) is 9.56. The van der Waals surface area contributed by atoms with E-state index in [1.165, 1.54) is 24.1 Å². The SMILES string of the molecule is CCCNC(=O)C(Cc1ccccc1)N(Cc1ccc(C)cc1)C(=O)CN(c1cc(C)ccc1OC)S(=O)(=O)c1ccc(C)cc1. The summed E-state index contributed by atoms with van der Waals surface area (Å²) < 4.78 is 35.4. The molecule has 0 saturated heterocycles. The lowest BCUT2D eigenvalue weighted by molar-refractivity contribution is -0.140. The van der Waals surface area contributed by atoms with Crippen molar-refractivity contribution in [2.45, 2.75) is 58.0 Å². The molecular weight excluding hydrogens is 598 g/mol. The molecule has 0 aliphatic rings. The summed E-state index contributed by atoms with van der Waals surface area (Å²) in [5, 5.41) is 2.97. The van der Waals surface area contributed by atoms with Crippen LogP contribution < -0.4 is 14.4 Å². The van der Waals surface area contributed by atoms with Crippen LogP contribution in [0.25, 0.3) is 0 Å². The Morgan fingerprint density at radius 3 is 2.02 bits per heavy atom. The predicted octanol–water partition coefficient (Wildman–Crippen LogP) is 5.98. The number of benzene rings is 4. The van der Waals surface area contributed by atoms with Gasteiger partial charge in [0.1, 0.15) is 18.3 Å². The first kappa shape index (κ1) is 34.2. The molecule has 2 amide bonds. The van der Waals surface area contributed by atoms with Gasteiger partial charge in [-0.15, -0.1) is 0 Å². The molecule has 0 aliphatic heterocycles. The standard InChI is InChI=1S/C37H43N3O5S/c1-6-22-38-37(42)34(24-30-10-8-7-9-11-30)39(25-31-17-12-27(2)13-18-31)36(41)26-40(33-23-29(4)16-21-35(33)45-5)46(43,44)32-19-14-28(3)15-20-32/h7-21,23,34H,6,22,24-26H2,1-5H3,(H,38,42). The average Bonchev–Trinajstić information content (AvgIpc) is 3.05. The van der Waals surface area contributed by atoms with Crippen molar-refractivity contribution in [1.29, 1.82) is 0 Å². The maximum Gasteiger partial charge on any atom is 0.264 e. The summed E-state index contributed by atoms with van der Waals surface area (Å²) in [7, 11) is -2.78. The zero-order valence-corrected chi connectivity index (χ0v) is 28.0. The van der Waals surface area contributed by atoms with Gasteiger partial charge in [-0.2, -0.15) is 0 Å². The van der Waals surface area contributed by atoms with E-state index in [1.807, 2.05) is 88.4 Å². The summed E-state index contributed by atoms with van der Waals surface area (Å²) in [6, 6.07) is 28.1. The molecule has 4 rings (SSSR count). The van der Waals surface area contributed by atoms with Gasteiger partial charge in [-0.3, -0.25) is 13.9 Å². The summed E-state index contributed by atoms with van der Waals surface area (Å²) in [5.41, 5.74) is 4.70. The Morgan fingerprint density at radius 1 is 0.804 bits per heavy atom. The van der Waals surface area contributed by atoms with Crippen LogP contribution in [0.1, 0.15) is 41.2 Å². The van der Waals surface area contributed by atoms with Crippen LogP contribution >= 0.6 is 0 Å². The van der Waals surface area contributed by atoms with Crippen LogP contribution in [0.5, 0.6) is 5.75 Å². The molecule has 8 nitrogen and oxygen atoms in total. The van der Waals surface area contributed by atoms with Crippen molar-refractivity contribution in [2.75, 3.05) is 24.5 Å². The number of hydrogen-bond acceptors (Lipinski definition) is 5. The number of anilines is 1. The second kappa shape index (κ2) is 15.6. The van der Waals surface area contributed by atoms with Crippen LogP contribution in [0.2, 0.25) is 0 Å². The Hall–Kier alpha value is -4.63. The van der Waals surface area contributed by atoms with Crippen molar-refractivity contribution in [3.05, 3.63) is 125 Å². The molecule has 0 fully saturated rings. The molecule has 0 saturated carbocycles. The molecule has 9 heteroatoms. The van der Waals surface area contributed by atoms with Crippen LogP contribution in [-0.4, -0.2) is 51.4 Å². The zero-order chi connectivity index (χ0) is 33.3. The van der Waals surface area contributed by atoms with Gasteiger partial charge in [0.25, 0.3) is 10.0 Å². The number of amides is 2. The fourth-order valence-electron chi connectivity index (χ4n) is 5.16. The van der Waals surface area contributed by atoms with Gasteiger partial charge in [0, 0.05) is 19.5 Å². The number of carbonyl (C=O) groups is 2. The number of nitrogens with one attached hydrogen (secondary N) is 1. The molecule has 1 unspecified atom stereocenters. The van der Waals surface area contributed by atoms with Crippen LogP contribution in [0.4, 0.5) is 5.69 Å². The van der Waals surface area contributed by atoms with Gasteiger partial charge in [-0.1, -0.05) is 90.8 Å². The Labute approximate surface area is 273 Å². The molecule has 0 aromatic heterocycles. The van der Waals surface area contributed by atoms with Gasteiger partial charge in [-0.05, 0) is 68.1 Å². The fraction of sp³-hybridized carbons (Fsp3) is 0.297. The molecule has 242 valence electrons. The van der Waals surface area contributed by atoms with Crippen molar-refractivity contribution >= 4 is 27.5 Å². The van der Waals surface area contributed by atoms with E-state index in [0.717, 1.165) is 38.5 Å². The first-order valence-electron chi connectivity index (χ1n) is 15.4. The number of nitrogens with zero attached hydrogens (tertiary/aromatic N) is 2. The van der Waals surface area contributed by atoms with Gasteiger partial charge in [0.15, 0.2) is 0 Å². The molecule has 0 spiro atoms. The molecule has 4 aromatic carbocycles. The average molecular weight is 642 g/mol. The number of carbonyl (C=O) groups excluding carboxylic acids is 2. The third kappa shape index (κ3) is 8.54. The molecule has 4 aromatic rings. The van der Waals surface area contributed by atoms with Crippen LogP contribution in [0, 0.1) is 20.8 Å². The van der Waals surface area contributed by atoms with Crippen LogP contribution in [0.15, 0.2) is 102 Å². The van der Waals surface area contributed by atoms with Crippen molar-refractivity contribution in [1.82, 2.24) is 10.2 Å². The minimum Gasteiger partial charge on any atom is -0.495 e. The van der Waals surface area contributed by atoms with Gasteiger partial charge < -0.3 is 15.0 Å². The number of methoxy groups -OCH3 is 1. The summed E-state index contributed by atoms with van der Waals surface area (Å²) in [6.07, 6.45) is 0.984. The van der Waals surface area contributed by atoms with Crippen molar-refractivity contribution in [3.8, 4) is 5.75 Å². The van der Waals surface area contributed by atoms with Crippen molar-refractivity contribution in [2.24, 2.45) is 0 Å². The van der Waals surface area contributed by atoms with E-state index in [4.69, 9.17) is 4.74 Å². The number of rotatable bonds is 14. The van der Waals surface area contributed by atoms with Crippen LogP contribution in [-0.2, 0) is 32.6 Å². The first-order valence-corrected chi connectivity index (χ1v) is 16.9. The Balaban J connectivity index is 1.84. The molecule has 0 heterocycles. The van der Waals surface area contributed by atoms with Crippen molar-refractivity contribution in [3.63, 3.8) is 0 Å². The molecule has 1 N–H and O–H groups in total. The molecule has 1 atom stereocenters. The largest absolute Gasteiger partial charge is 0.495 e. The highest BCUT2D eigenvalue weighted by molar-refractivity contribution is 7.92. The highest BCUT2D eigenvalue weighted by atomic mass is 32.2.